The number of hydrogen-bond donors (Lipinski definition) is 0. The normalized spacial score (nSPS) is 15.6. The Balaban J connectivity index is 1.26. The molecule has 1 heteroatoms. The summed E-state index contributed by atoms with van der Waals surface area (Å²) in [5.74, 6) is -0.695. The molecule has 1 nitrogen and oxygen atoms in total. The van der Waals surface area contributed by atoms with Gasteiger partial charge in [-0.05, 0) is 137 Å². The van der Waals surface area contributed by atoms with E-state index in [-0.39, 0.29) is 16.2 Å². The maximum absolute atomic E-state index is 8.82. The fourth-order valence-electron chi connectivity index (χ4n) is 10.5. The van der Waals surface area contributed by atoms with Gasteiger partial charge in [0.05, 0.1) is 5.41 Å². The SMILES string of the molecule is [2H]C(C)(C)c1ccc(N(c2ccc3c(c2)C(C)(C)c2ccccc2-3)c2ccc3c(c2)C2(c4ccccc4-3)c3cc(C(C)(C)C)ccc3-c3ccc(C(C)(C)C)cc32)cc1. The smallest absolute Gasteiger partial charge is 0.0726 e. The highest BCUT2D eigenvalue weighted by Gasteiger charge is 2.52. The predicted octanol–water partition coefficient (Wildman–Crippen LogP) is 15.5. The summed E-state index contributed by atoms with van der Waals surface area (Å²) in [6.07, 6.45) is 0. The first kappa shape index (κ1) is 35.5. The standard InChI is InChI=1S/C57H55N/c1-35(2)36-19-23-39(24-20-36)58(40-25-29-44-42-15-11-13-17-48(42)56(9,10)50(44)33-40)41-26-30-47-43-16-12-14-18-49(43)57(53(47)34-41)51-31-37(54(3,4)5)21-27-45(51)46-28-22-38(32-52(46)57)55(6,7)8/h11-35H,1-10H3/i35D. The van der Waals surface area contributed by atoms with Gasteiger partial charge >= 0.3 is 0 Å². The highest BCUT2D eigenvalue weighted by molar-refractivity contribution is 5.97. The monoisotopic (exact) mass is 754 g/mol. The van der Waals surface area contributed by atoms with Crippen LogP contribution in [-0.4, -0.2) is 0 Å². The topological polar surface area (TPSA) is 3.24 Å². The molecule has 0 radical (unpaired) electrons. The first-order chi connectivity index (χ1) is 27.9. The summed E-state index contributed by atoms with van der Waals surface area (Å²) in [6.45, 7) is 22.6. The van der Waals surface area contributed by atoms with Gasteiger partial charge in [0.1, 0.15) is 0 Å². The molecule has 0 heterocycles. The van der Waals surface area contributed by atoms with Gasteiger partial charge in [0, 0.05) is 23.8 Å². The van der Waals surface area contributed by atoms with Gasteiger partial charge in [-0.2, -0.15) is 0 Å². The molecule has 10 rings (SSSR count). The number of nitrogens with zero attached hydrogens (tertiary/aromatic N) is 1. The number of fused-ring (bicyclic) bond motifs is 13. The van der Waals surface area contributed by atoms with Crippen molar-refractivity contribution in [2.24, 2.45) is 0 Å². The zero-order valence-corrected chi connectivity index (χ0v) is 35.8. The Hall–Kier alpha value is -5.66. The Bertz CT molecular complexity index is 2790. The number of rotatable bonds is 4. The van der Waals surface area contributed by atoms with Crippen LogP contribution < -0.4 is 4.90 Å². The minimum absolute atomic E-state index is 0.0120. The Morgan fingerprint density at radius 2 is 0.828 bits per heavy atom. The second kappa shape index (κ2) is 12.4. The van der Waals surface area contributed by atoms with Gasteiger partial charge in [-0.15, -0.1) is 0 Å². The minimum atomic E-state index is -0.695. The van der Waals surface area contributed by atoms with Crippen molar-refractivity contribution in [3.05, 3.63) is 196 Å². The van der Waals surface area contributed by atoms with E-state index in [1.54, 1.807) is 0 Å². The molecule has 0 aliphatic heterocycles. The molecule has 0 unspecified atom stereocenters. The molecule has 0 saturated heterocycles. The van der Waals surface area contributed by atoms with Crippen LogP contribution in [0.15, 0.2) is 146 Å². The molecule has 0 aromatic heterocycles. The van der Waals surface area contributed by atoms with E-state index in [1.165, 1.54) is 77.9 Å². The van der Waals surface area contributed by atoms with Crippen LogP contribution in [0, 0.1) is 0 Å². The van der Waals surface area contributed by atoms with E-state index in [0.717, 1.165) is 22.6 Å². The lowest BCUT2D eigenvalue weighted by Gasteiger charge is -2.34. The van der Waals surface area contributed by atoms with Crippen molar-refractivity contribution >= 4 is 17.1 Å². The lowest BCUT2D eigenvalue weighted by Crippen LogP contribution is -2.27. The van der Waals surface area contributed by atoms with E-state index in [2.05, 4.69) is 206 Å². The fraction of sp³-hybridized carbons (Fsp3) is 0.263. The molecular weight excluding hydrogens is 699 g/mol. The highest BCUT2D eigenvalue weighted by Crippen LogP contribution is 2.64. The van der Waals surface area contributed by atoms with Crippen LogP contribution in [0.1, 0.15) is 127 Å². The second-order valence-corrected chi connectivity index (χ2v) is 19.8. The van der Waals surface area contributed by atoms with Gasteiger partial charge in [0.25, 0.3) is 0 Å². The first-order valence-corrected chi connectivity index (χ1v) is 21.1. The van der Waals surface area contributed by atoms with Crippen LogP contribution >= 0.6 is 0 Å². The molecule has 7 aromatic rings. The van der Waals surface area contributed by atoms with Crippen molar-refractivity contribution in [2.75, 3.05) is 4.90 Å². The van der Waals surface area contributed by atoms with Crippen molar-refractivity contribution in [1.82, 2.24) is 0 Å². The molecule has 7 aromatic carbocycles. The quantitative estimate of drug-likeness (QED) is 0.173. The van der Waals surface area contributed by atoms with Crippen molar-refractivity contribution in [2.45, 2.75) is 96.8 Å². The number of benzene rings is 7. The van der Waals surface area contributed by atoms with E-state index in [9.17, 15) is 0 Å². The van der Waals surface area contributed by atoms with Crippen LogP contribution in [0.25, 0.3) is 33.4 Å². The van der Waals surface area contributed by atoms with Gasteiger partial charge in [-0.3, -0.25) is 0 Å². The van der Waals surface area contributed by atoms with E-state index >= 15 is 0 Å². The Morgan fingerprint density at radius 1 is 0.431 bits per heavy atom. The van der Waals surface area contributed by atoms with E-state index in [1.807, 2.05) is 13.8 Å². The zero-order valence-electron chi connectivity index (χ0n) is 36.8. The van der Waals surface area contributed by atoms with Gasteiger partial charge in [-0.25, -0.2) is 0 Å². The third-order valence-corrected chi connectivity index (χ3v) is 13.7. The Labute approximate surface area is 347 Å². The molecule has 288 valence electrons. The molecule has 0 bridgehead atoms. The van der Waals surface area contributed by atoms with E-state index < -0.39 is 11.3 Å². The van der Waals surface area contributed by atoms with Gasteiger partial charge in [0.15, 0.2) is 0 Å². The molecule has 0 fully saturated rings. The zero-order chi connectivity index (χ0) is 41.4. The summed E-state index contributed by atoms with van der Waals surface area (Å²) in [4.78, 5) is 2.45. The number of hydrogen-bond acceptors (Lipinski definition) is 1. The Kier molecular flexibility index (Phi) is 7.60. The molecule has 1 spiro atoms. The molecule has 3 aliphatic rings. The molecule has 3 aliphatic carbocycles. The summed E-state index contributed by atoms with van der Waals surface area (Å²) in [6, 6.07) is 55.6. The second-order valence-electron chi connectivity index (χ2n) is 19.8. The molecular formula is C57H55N. The maximum Gasteiger partial charge on any atom is 0.0726 e. The van der Waals surface area contributed by atoms with Gasteiger partial charge in [-0.1, -0.05) is 178 Å². The third-order valence-electron chi connectivity index (χ3n) is 13.7. The lowest BCUT2D eigenvalue weighted by atomic mass is 9.68. The van der Waals surface area contributed by atoms with E-state index in [4.69, 9.17) is 1.37 Å². The average molecular weight is 755 g/mol. The summed E-state index contributed by atoms with van der Waals surface area (Å²) in [7, 11) is 0. The maximum atomic E-state index is 8.82. The van der Waals surface area contributed by atoms with Crippen LogP contribution in [0.3, 0.4) is 0 Å². The molecule has 0 N–H and O–H groups in total. The van der Waals surface area contributed by atoms with Crippen LogP contribution in [0.4, 0.5) is 17.1 Å². The molecule has 0 atom stereocenters. The Morgan fingerprint density at radius 3 is 1.34 bits per heavy atom. The first-order valence-electron chi connectivity index (χ1n) is 21.6. The summed E-state index contributed by atoms with van der Waals surface area (Å²) < 4.78 is 8.82. The fourth-order valence-corrected chi connectivity index (χ4v) is 10.5. The van der Waals surface area contributed by atoms with Crippen molar-refractivity contribution in [1.29, 1.82) is 0 Å². The summed E-state index contributed by atoms with van der Waals surface area (Å²) in [5, 5.41) is 0. The number of anilines is 3. The molecule has 0 amide bonds. The lowest BCUT2D eigenvalue weighted by molar-refractivity contribution is 0.586. The van der Waals surface area contributed by atoms with Crippen molar-refractivity contribution < 1.29 is 1.37 Å². The molecule has 0 saturated carbocycles. The summed E-state index contributed by atoms with van der Waals surface area (Å²) >= 11 is 0. The predicted molar refractivity (Wildman–Crippen MR) is 246 cm³/mol. The minimum Gasteiger partial charge on any atom is -0.310 e. The highest BCUT2D eigenvalue weighted by atomic mass is 15.1. The van der Waals surface area contributed by atoms with Gasteiger partial charge in [0.2, 0.25) is 0 Å². The van der Waals surface area contributed by atoms with Crippen LogP contribution in [0.2, 0.25) is 0 Å². The third kappa shape index (κ3) is 5.14. The van der Waals surface area contributed by atoms with Crippen LogP contribution in [-0.2, 0) is 21.7 Å². The van der Waals surface area contributed by atoms with Crippen LogP contribution in [0.5, 0.6) is 0 Å². The van der Waals surface area contributed by atoms with Crippen molar-refractivity contribution in [3.63, 3.8) is 0 Å². The van der Waals surface area contributed by atoms with Gasteiger partial charge < -0.3 is 4.90 Å². The van der Waals surface area contributed by atoms with E-state index in [0.29, 0.717) is 0 Å². The molecule has 58 heavy (non-hydrogen) atoms. The summed E-state index contributed by atoms with van der Waals surface area (Å²) in [5.41, 5.74) is 22.4. The van der Waals surface area contributed by atoms with Crippen molar-refractivity contribution in [3.8, 4) is 33.4 Å². The average Bonchev–Trinajstić information content (AvgIpc) is 3.75. The largest absolute Gasteiger partial charge is 0.310 e.